The van der Waals surface area contributed by atoms with E-state index < -0.39 is 0 Å². The van der Waals surface area contributed by atoms with Gasteiger partial charge < -0.3 is 14.8 Å². The van der Waals surface area contributed by atoms with Crippen molar-refractivity contribution < 1.29 is 9.47 Å². The molecule has 0 aliphatic carbocycles. The summed E-state index contributed by atoms with van der Waals surface area (Å²) >= 11 is 6.78. The minimum absolute atomic E-state index is 0.312. The number of halogens is 1. The van der Waals surface area contributed by atoms with Gasteiger partial charge in [0.05, 0.1) is 17.7 Å². The zero-order chi connectivity index (χ0) is 16.1. The third kappa shape index (κ3) is 4.82. The smallest absolute Gasteiger partial charge is 0.206 e. The van der Waals surface area contributed by atoms with Crippen LogP contribution in [0.15, 0.2) is 27.0 Å². The highest BCUT2D eigenvalue weighted by atomic mass is 79.9. The molecule has 1 aromatic carbocycles. The zero-order valence-corrected chi connectivity index (χ0v) is 16.0. The summed E-state index contributed by atoms with van der Waals surface area (Å²) in [6, 6.07) is 6.10. The van der Waals surface area contributed by atoms with Crippen LogP contribution in [0.5, 0.6) is 5.75 Å². The highest BCUT2D eigenvalue weighted by Crippen LogP contribution is 2.31. The second kappa shape index (κ2) is 8.32. The van der Waals surface area contributed by atoms with Crippen LogP contribution in [0.3, 0.4) is 0 Å². The van der Waals surface area contributed by atoms with Crippen molar-refractivity contribution in [3.8, 4) is 5.75 Å². The SMILES string of the molecule is COc1ccc(CSc2nnc(NCC3CCCO3)s2)cc1Br. The van der Waals surface area contributed by atoms with Crippen LogP contribution in [0.25, 0.3) is 0 Å². The molecular formula is C15H18BrN3O2S2. The standard InChI is InChI=1S/C15H18BrN3O2S2/c1-20-13-5-4-10(7-12(13)16)9-22-15-19-18-14(23-15)17-8-11-3-2-6-21-11/h4-5,7,11H,2-3,6,8-9H2,1H3,(H,17,18). The van der Waals surface area contributed by atoms with Crippen LogP contribution in [0.2, 0.25) is 0 Å². The number of anilines is 1. The fourth-order valence-electron chi connectivity index (χ4n) is 2.29. The van der Waals surface area contributed by atoms with Crippen LogP contribution in [0, 0.1) is 0 Å². The molecule has 23 heavy (non-hydrogen) atoms. The van der Waals surface area contributed by atoms with E-state index in [0.717, 1.165) is 51.4 Å². The number of methoxy groups -OCH3 is 1. The van der Waals surface area contributed by atoms with Crippen molar-refractivity contribution >= 4 is 44.2 Å². The van der Waals surface area contributed by atoms with Crippen LogP contribution >= 0.6 is 39.0 Å². The summed E-state index contributed by atoms with van der Waals surface area (Å²) < 4.78 is 12.8. The summed E-state index contributed by atoms with van der Waals surface area (Å²) in [7, 11) is 1.67. The van der Waals surface area contributed by atoms with E-state index in [0.29, 0.717) is 6.10 Å². The number of aromatic nitrogens is 2. The molecule has 1 unspecified atom stereocenters. The molecule has 3 rings (SSSR count). The first-order valence-corrected chi connectivity index (χ1v) is 9.98. The maximum Gasteiger partial charge on any atom is 0.206 e. The predicted molar refractivity (Wildman–Crippen MR) is 97.6 cm³/mol. The average molecular weight is 416 g/mol. The quantitative estimate of drug-likeness (QED) is 0.683. The van der Waals surface area contributed by atoms with Crippen molar-refractivity contribution in [2.75, 3.05) is 25.6 Å². The van der Waals surface area contributed by atoms with Gasteiger partial charge in [0.1, 0.15) is 5.75 Å². The van der Waals surface area contributed by atoms with E-state index in [1.54, 1.807) is 30.2 Å². The first kappa shape index (κ1) is 17.0. The van der Waals surface area contributed by atoms with Crippen LogP contribution in [0.4, 0.5) is 5.13 Å². The molecule has 0 spiro atoms. The molecule has 8 heteroatoms. The molecule has 124 valence electrons. The van der Waals surface area contributed by atoms with E-state index >= 15 is 0 Å². The molecule has 2 heterocycles. The third-order valence-corrected chi connectivity index (χ3v) is 6.20. The summed E-state index contributed by atoms with van der Waals surface area (Å²) in [5.41, 5.74) is 1.21. The Morgan fingerprint density at radius 2 is 2.39 bits per heavy atom. The number of rotatable bonds is 7. The van der Waals surface area contributed by atoms with Crippen molar-refractivity contribution in [1.82, 2.24) is 10.2 Å². The Morgan fingerprint density at radius 1 is 1.48 bits per heavy atom. The van der Waals surface area contributed by atoms with E-state index in [1.807, 2.05) is 6.07 Å². The van der Waals surface area contributed by atoms with E-state index in [1.165, 1.54) is 5.56 Å². The second-order valence-electron chi connectivity index (χ2n) is 5.15. The van der Waals surface area contributed by atoms with Gasteiger partial charge in [-0.3, -0.25) is 0 Å². The fraction of sp³-hybridized carbons (Fsp3) is 0.467. The molecular weight excluding hydrogens is 398 g/mol. The van der Waals surface area contributed by atoms with Gasteiger partial charge in [-0.15, -0.1) is 10.2 Å². The lowest BCUT2D eigenvalue weighted by Crippen LogP contribution is -2.18. The Balaban J connectivity index is 1.49. The van der Waals surface area contributed by atoms with Gasteiger partial charge in [-0.25, -0.2) is 0 Å². The maximum absolute atomic E-state index is 5.59. The molecule has 0 radical (unpaired) electrons. The highest BCUT2D eigenvalue weighted by Gasteiger charge is 2.15. The Bertz CT molecular complexity index is 647. The van der Waals surface area contributed by atoms with Gasteiger partial charge in [0.15, 0.2) is 4.34 Å². The largest absolute Gasteiger partial charge is 0.496 e. The van der Waals surface area contributed by atoms with Gasteiger partial charge in [-0.05, 0) is 46.5 Å². The van der Waals surface area contributed by atoms with Crippen LogP contribution in [-0.4, -0.2) is 36.6 Å². The van der Waals surface area contributed by atoms with Gasteiger partial charge in [-0.2, -0.15) is 0 Å². The van der Waals surface area contributed by atoms with E-state index in [-0.39, 0.29) is 0 Å². The van der Waals surface area contributed by atoms with Crippen molar-refractivity contribution in [3.63, 3.8) is 0 Å². The second-order valence-corrected chi connectivity index (χ2v) is 8.20. The van der Waals surface area contributed by atoms with Crippen molar-refractivity contribution in [3.05, 3.63) is 28.2 Å². The molecule has 0 saturated carbocycles. The Morgan fingerprint density at radius 3 is 3.13 bits per heavy atom. The van der Waals surface area contributed by atoms with Gasteiger partial charge >= 0.3 is 0 Å². The first-order chi connectivity index (χ1) is 11.2. The molecule has 1 saturated heterocycles. The predicted octanol–water partition coefficient (Wildman–Crippen LogP) is 4.19. The van der Waals surface area contributed by atoms with E-state index in [9.17, 15) is 0 Å². The topological polar surface area (TPSA) is 56.3 Å². The van der Waals surface area contributed by atoms with E-state index in [4.69, 9.17) is 9.47 Å². The van der Waals surface area contributed by atoms with Gasteiger partial charge in [-0.1, -0.05) is 29.2 Å². The first-order valence-electron chi connectivity index (χ1n) is 7.39. The minimum Gasteiger partial charge on any atom is -0.496 e. The Kier molecular flexibility index (Phi) is 6.15. The molecule has 5 nitrogen and oxygen atoms in total. The average Bonchev–Trinajstić information content (AvgIpc) is 3.22. The van der Waals surface area contributed by atoms with Gasteiger partial charge in [0.2, 0.25) is 5.13 Å². The molecule has 1 fully saturated rings. The lowest BCUT2D eigenvalue weighted by molar-refractivity contribution is 0.120. The number of ether oxygens (including phenoxy) is 2. The molecule has 1 aliphatic rings. The summed E-state index contributed by atoms with van der Waals surface area (Å²) in [6.07, 6.45) is 2.59. The van der Waals surface area contributed by atoms with Crippen LogP contribution < -0.4 is 10.1 Å². The zero-order valence-electron chi connectivity index (χ0n) is 12.8. The number of benzene rings is 1. The van der Waals surface area contributed by atoms with Gasteiger partial charge in [0, 0.05) is 18.9 Å². The number of hydrogen-bond donors (Lipinski definition) is 1. The lowest BCUT2D eigenvalue weighted by Gasteiger charge is -2.08. The Labute approximate surface area is 152 Å². The number of hydrogen-bond acceptors (Lipinski definition) is 7. The fourth-order valence-corrected chi connectivity index (χ4v) is 4.58. The number of nitrogens with zero attached hydrogens (tertiary/aromatic N) is 2. The number of nitrogens with one attached hydrogen (secondary N) is 1. The number of thioether (sulfide) groups is 1. The molecule has 2 aromatic rings. The Hall–Kier alpha value is -0.830. The lowest BCUT2D eigenvalue weighted by atomic mass is 10.2. The molecule has 1 aliphatic heterocycles. The van der Waals surface area contributed by atoms with Crippen molar-refractivity contribution in [2.45, 2.75) is 29.0 Å². The molecule has 1 N–H and O–H groups in total. The third-order valence-electron chi connectivity index (χ3n) is 3.49. The summed E-state index contributed by atoms with van der Waals surface area (Å²) in [5, 5.41) is 12.6. The summed E-state index contributed by atoms with van der Waals surface area (Å²) in [4.78, 5) is 0. The molecule has 1 atom stereocenters. The van der Waals surface area contributed by atoms with Crippen molar-refractivity contribution in [1.29, 1.82) is 0 Å². The monoisotopic (exact) mass is 415 g/mol. The normalized spacial score (nSPS) is 17.4. The van der Waals surface area contributed by atoms with Crippen molar-refractivity contribution in [2.24, 2.45) is 0 Å². The van der Waals surface area contributed by atoms with Gasteiger partial charge in [0.25, 0.3) is 0 Å². The molecule has 0 amide bonds. The van der Waals surface area contributed by atoms with Crippen LogP contribution in [0.1, 0.15) is 18.4 Å². The summed E-state index contributed by atoms with van der Waals surface area (Å²) in [5.74, 6) is 1.69. The maximum atomic E-state index is 5.59. The summed E-state index contributed by atoms with van der Waals surface area (Å²) in [6.45, 7) is 1.69. The van der Waals surface area contributed by atoms with E-state index in [2.05, 4.69) is 43.6 Å². The highest BCUT2D eigenvalue weighted by molar-refractivity contribution is 9.10. The minimum atomic E-state index is 0.312. The molecule has 1 aromatic heterocycles. The van der Waals surface area contributed by atoms with Crippen LogP contribution in [-0.2, 0) is 10.5 Å². The molecule has 0 bridgehead atoms.